The molecule has 0 amide bonds. The van der Waals surface area contributed by atoms with E-state index in [1.54, 1.807) is 14.2 Å². The zero-order valence-electron chi connectivity index (χ0n) is 15.2. The van der Waals surface area contributed by atoms with E-state index in [0.717, 1.165) is 22.6 Å². The van der Waals surface area contributed by atoms with Crippen LogP contribution >= 0.6 is 0 Å². The molecule has 2 aromatic carbocycles. The highest BCUT2D eigenvalue weighted by molar-refractivity contribution is 5.82. The normalized spacial score (nSPS) is 11.2. The Balaban J connectivity index is 1.54. The Morgan fingerprint density at radius 2 is 1.00 bits per heavy atom. The van der Waals surface area contributed by atoms with Crippen LogP contribution in [0, 0.1) is 0 Å². The van der Waals surface area contributed by atoms with Crippen LogP contribution in [-0.2, 0) is 0 Å². The summed E-state index contributed by atoms with van der Waals surface area (Å²) in [7, 11) is 3.28. The lowest BCUT2D eigenvalue weighted by Gasteiger charge is -2.00. The van der Waals surface area contributed by atoms with E-state index in [-0.39, 0.29) is 0 Å². The molecular weight excluding hydrogens is 356 g/mol. The molecule has 8 heteroatoms. The van der Waals surface area contributed by atoms with Gasteiger partial charge in [-0.15, -0.1) is 0 Å². The largest absolute Gasteiger partial charge is 0.497 e. The molecule has 0 saturated heterocycles. The number of nitrogens with zero attached hydrogens (tertiary/aromatic N) is 4. The number of nitrogens with one attached hydrogen (secondary N) is 2. The zero-order chi connectivity index (χ0) is 19.1. The van der Waals surface area contributed by atoms with Gasteiger partial charge >= 0.3 is 0 Å². The molecule has 5 rings (SSSR count). The smallest absolute Gasteiger partial charge is 0.200 e. The Morgan fingerprint density at radius 3 is 1.39 bits per heavy atom. The van der Waals surface area contributed by atoms with Gasteiger partial charge in [-0.05, 0) is 48.5 Å². The molecule has 0 unspecified atom stereocenters. The number of rotatable bonds is 4. The summed E-state index contributed by atoms with van der Waals surface area (Å²) in [5.74, 6) is 2.97. The molecule has 0 fully saturated rings. The van der Waals surface area contributed by atoms with Crippen LogP contribution in [0.15, 0.2) is 48.5 Å². The van der Waals surface area contributed by atoms with Gasteiger partial charge in [-0.3, -0.25) is 0 Å². The van der Waals surface area contributed by atoms with Crippen LogP contribution in [0.5, 0.6) is 11.5 Å². The Labute approximate surface area is 159 Å². The predicted octanol–water partition coefficient (Wildman–Crippen LogP) is 3.58. The van der Waals surface area contributed by atoms with Crippen molar-refractivity contribution in [3.8, 4) is 34.3 Å². The fourth-order valence-corrected chi connectivity index (χ4v) is 3.00. The second kappa shape index (κ2) is 6.34. The fraction of sp³-hybridized carbons (Fsp3) is 0.100. The number of hydrogen-bond donors (Lipinski definition) is 2. The van der Waals surface area contributed by atoms with Crippen molar-refractivity contribution in [3.05, 3.63) is 48.5 Å². The van der Waals surface area contributed by atoms with Gasteiger partial charge in [0.25, 0.3) is 0 Å². The number of ether oxygens (including phenoxy) is 2. The molecule has 28 heavy (non-hydrogen) atoms. The summed E-state index contributed by atoms with van der Waals surface area (Å²) in [6.07, 6.45) is 0. The number of hydrogen-bond acceptors (Lipinski definition) is 6. The van der Waals surface area contributed by atoms with E-state index in [4.69, 9.17) is 9.47 Å². The van der Waals surface area contributed by atoms with Crippen LogP contribution in [0.4, 0.5) is 0 Å². The van der Waals surface area contributed by atoms with Gasteiger partial charge in [0, 0.05) is 11.1 Å². The van der Waals surface area contributed by atoms with Crippen LogP contribution in [0.1, 0.15) is 0 Å². The highest BCUT2D eigenvalue weighted by Crippen LogP contribution is 2.24. The molecular formula is C20H16N6O2. The first-order valence-electron chi connectivity index (χ1n) is 8.66. The van der Waals surface area contributed by atoms with Gasteiger partial charge in [-0.2, -0.15) is 0 Å². The third kappa shape index (κ3) is 2.71. The molecule has 3 heterocycles. The molecule has 0 atom stereocenters. The zero-order valence-corrected chi connectivity index (χ0v) is 15.2. The lowest BCUT2D eigenvalue weighted by Crippen LogP contribution is -1.84. The molecule has 0 bridgehead atoms. The molecule has 0 aliphatic heterocycles. The maximum absolute atomic E-state index is 5.19. The van der Waals surface area contributed by atoms with Crippen molar-refractivity contribution in [1.82, 2.24) is 29.9 Å². The molecule has 5 aromatic rings. The van der Waals surface area contributed by atoms with Crippen LogP contribution < -0.4 is 9.47 Å². The van der Waals surface area contributed by atoms with Gasteiger partial charge in [0.2, 0.25) is 0 Å². The van der Waals surface area contributed by atoms with Crippen LogP contribution in [0.3, 0.4) is 0 Å². The Hall–Kier alpha value is -3.94. The summed E-state index contributed by atoms with van der Waals surface area (Å²) in [5.41, 5.74) is 4.09. The van der Waals surface area contributed by atoms with Crippen molar-refractivity contribution < 1.29 is 9.47 Å². The summed E-state index contributed by atoms with van der Waals surface area (Å²) in [5, 5.41) is 0. The van der Waals surface area contributed by atoms with E-state index in [1.165, 1.54) is 0 Å². The highest BCUT2D eigenvalue weighted by atomic mass is 16.5. The molecule has 0 spiro atoms. The lowest BCUT2D eigenvalue weighted by molar-refractivity contribution is 0.415. The first kappa shape index (κ1) is 16.2. The first-order chi connectivity index (χ1) is 13.7. The number of aromatic nitrogens is 6. The van der Waals surface area contributed by atoms with Gasteiger partial charge in [-0.1, -0.05) is 0 Å². The van der Waals surface area contributed by atoms with E-state index in [1.807, 2.05) is 48.5 Å². The van der Waals surface area contributed by atoms with Crippen molar-refractivity contribution in [1.29, 1.82) is 0 Å². The van der Waals surface area contributed by atoms with Crippen molar-refractivity contribution in [3.63, 3.8) is 0 Å². The van der Waals surface area contributed by atoms with Crippen LogP contribution in [-0.4, -0.2) is 44.1 Å². The van der Waals surface area contributed by atoms with Gasteiger partial charge in [0.15, 0.2) is 22.6 Å². The number of benzene rings is 2. The van der Waals surface area contributed by atoms with Crippen molar-refractivity contribution in [2.24, 2.45) is 0 Å². The highest BCUT2D eigenvalue weighted by Gasteiger charge is 2.13. The van der Waals surface area contributed by atoms with E-state index in [2.05, 4.69) is 29.9 Å². The predicted molar refractivity (Wildman–Crippen MR) is 105 cm³/mol. The topological polar surface area (TPSA) is 102 Å². The van der Waals surface area contributed by atoms with Crippen LogP contribution in [0.2, 0.25) is 0 Å². The standard InChI is InChI=1S/C20H16N6O2/c1-27-13-7-3-11(4-8-13)15-21-17-18(22-15)26-20-19(25-17)23-16(24-20)12-5-9-14(28-2)10-6-12/h3-10H,1-2H3,(H2,21,22,23,24,25,26). The maximum Gasteiger partial charge on any atom is 0.200 e. The third-order valence-electron chi connectivity index (χ3n) is 4.49. The van der Waals surface area contributed by atoms with Gasteiger partial charge in [-0.25, -0.2) is 19.9 Å². The monoisotopic (exact) mass is 372 g/mol. The molecule has 2 N–H and O–H groups in total. The lowest BCUT2D eigenvalue weighted by atomic mass is 10.2. The molecule has 0 radical (unpaired) electrons. The molecule has 0 aliphatic rings. The Bertz CT molecular complexity index is 1120. The minimum atomic E-state index is 0.520. The fourth-order valence-electron chi connectivity index (χ4n) is 3.00. The SMILES string of the molecule is COc1ccc(-c2nc3nc4nc(-c5ccc(OC)cc5)[nH]c4nc3[nH]2)cc1. The Morgan fingerprint density at radius 1 is 0.571 bits per heavy atom. The average Bonchev–Trinajstić information content (AvgIpc) is 3.35. The summed E-state index contributed by atoms with van der Waals surface area (Å²) < 4.78 is 10.4. The third-order valence-corrected chi connectivity index (χ3v) is 4.49. The van der Waals surface area contributed by atoms with Crippen molar-refractivity contribution in [2.45, 2.75) is 0 Å². The van der Waals surface area contributed by atoms with E-state index in [0.29, 0.717) is 34.2 Å². The quantitative estimate of drug-likeness (QED) is 0.500. The second-order valence-corrected chi connectivity index (χ2v) is 6.20. The number of imidazole rings is 2. The maximum atomic E-state index is 5.19. The summed E-state index contributed by atoms with van der Waals surface area (Å²) in [6.45, 7) is 0. The molecule has 3 aromatic heterocycles. The minimum Gasteiger partial charge on any atom is -0.497 e. The van der Waals surface area contributed by atoms with E-state index < -0.39 is 0 Å². The summed E-state index contributed by atoms with van der Waals surface area (Å²) in [4.78, 5) is 24.7. The van der Waals surface area contributed by atoms with Crippen molar-refractivity contribution >= 4 is 22.6 Å². The minimum absolute atomic E-state index is 0.520. The van der Waals surface area contributed by atoms with E-state index in [9.17, 15) is 0 Å². The number of H-pyrrole nitrogens is 2. The van der Waals surface area contributed by atoms with E-state index >= 15 is 0 Å². The first-order valence-corrected chi connectivity index (χ1v) is 8.66. The Kier molecular flexibility index (Phi) is 3.68. The second-order valence-electron chi connectivity index (χ2n) is 6.20. The molecule has 138 valence electrons. The molecule has 0 saturated carbocycles. The molecule has 8 nitrogen and oxygen atoms in total. The summed E-state index contributed by atoms with van der Waals surface area (Å²) in [6, 6.07) is 15.3. The van der Waals surface area contributed by atoms with Gasteiger partial charge < -0.3 is 19.4 Å². The van der Waals surface area contributed by atoms with Crippen LogP contribution in [0.25, 0.3) is 45.4 Å². The van der Waals surface area contributed by atoms with Crippen molar-refractivity contribution in [2.75, 3.05) is 14.2 Å². The summed E-state index contributed by atoms with van der Waals surface area (Å²) >= 11 is 0. The average molecular weight is 372 g/mol. The van der Waals surface area contributed by atoms with Gasteiger partial charge in [0.05, 0.1) is 14.2 Å². The number of methoxy groups -OCH3 is 2. The molecule has 0 aliphatic carbocycles. The number of fused-ring (bicyclic) bond motifs is 2. The number of aromatic amines is 2. The van der Waals surface area contributed by atoms with Gasteiger partial charge in [0.1, 0.15) is 23.1 Å².